The molecule has 0 fully saturated rings. The smallest absolute Gasteiger partial charge is 0.131 e. The van der Waals surface area contributed by atoms with Crippen molar-refractivity contribution in [3.8, 4) is 45.4 Å². The molecule has 4 aromatic carbocycles. The van der Waals surface area contributed by atoms with Gasteiger partial charge in [0.05, 0.1) is 12.4 Å². The van der Waals surface area contributed by atoms with Crippen molar-refractivity contribution >= 4 is 11.4 Å². The molecule has 0 saturated carbocycles. The number of nitrogens with zero attached hydrogens (tertiary/aromatic N) is 4. The Morgan fingerprint density at radius 1 is 0.634 bits per heavy atom. The SMILES string of the molecule is CN1C=CN(c2cc(Oc3cccc(-c4cc(-c5cccc(Oc6ccccc6)c5)ccn4)c3)cc(N(C)C)c2)C1. The minimum Gasteiger partial charge on any atom is -0.457 e. The van der Waals surface area contributed by atoms with Crippen LogP contribution in [0.4, 0.5) is 11.4 Å². The van der Waals surface area contributed by atoms with E-state index in [4.69, 9.17) is 9.47 Å². The first-order chi connectivity index (χ1) is 20.0. The number of anilines is 2. The third-order valence-corrected chi connectivity index (χ3v) is 6.87. The fourth-order valence-corrected chi connectivity index (χ4v) is 4.73. The second-order valence-corrected chi connectivity index (χ2v) is 10.2. The summed E-state index contributed by atoms with van der Waals surface area (Å²) in [5, 5.41) is 0. The minimum atomic E-state index is 0.754. The maximum atomic E-state index is 6.41. The molecule has 41 heavy (non-hydrogen) atoms. The van der Waals surface area contributed by atoms with Gasteiger partial charge >= 0.3 is 0 Å². The maximum Gasteiger partial charge on any atom is 0.131 e. The first-order valence-electron chi connectivity index (χ1n) is 13.6. The van der Waals surface area contributed by atoms with Gasteiger partial charge in [0, 0.05) is 68.8 Å². The summed E-state index contributed by atoms with van der Waals surface area (Å²) in [6, 6.07) is 36.4. The molecule has 0 atom stereocenters. The Labute approximate surface area is 241 Å². The zero-order valence-corrected chi connectivity index (χ0v) is 23.4. The molecule has 6 nitrogen and oxygen atoms in total. The number of aromatic nitrogens is 1. The van der Waals surface area contributed by atoms with Crippen LogP contribution in [0.1, 0.15) is 0 Å². The molecule has 5 aromatic rings. The van der Waals surface area contributed by atoms with E-state index in [2.05, 4.69) is 75.5 Å². The van der Waals surface area contributed by atoms with E-state index in [0.29, 0.717) is 0 Å². The predicted octanol–water partition coefficient (Wildman–Crippen LogP) is 8.25. The molecule has 204 valence electrons. The van der Waals surface area contributed by atoms with Crippen LogP contribution in [0.5, 0.6) is 23.0 Å². The quantitative estimate of drug-likeness (QED) is 0.197. The van der Waals surface area contributed by atoms with E-state index in [9.17, 15) is 0 Å². The van der Waals surface area contributed by atoms with Crippen molar-refractivity contribution in [1.29, 1.82) is 0 Å². The molecule has 0 N–H and O–H groups in total. The molecule has 1 aliphatic rings. The van der Waals surface area contributed by atoms with Crippen LogP contribution in [-0.2, 0) is 0 Å². The number of rotatable bonds is 8. The highest BCUT2D eigenvalue weighted by atomic mass is 16.5. The van der Waals surface area contributed by atoms with Gasteiger partial charge in [-0.15, -0.1) is 0 Å². The van der Waals surface area contributed by atoms with E-state index in [1.807, 2.05) is 93.1 Å². The standard InChI is InChI=1S/C35H32N4O2/c1-37(2)29-22-30(39-18-17-38(3)25-39)24-34(23-29)41-33-14-8-10-28(20-33)35-21-27(15-16-36-35)26-9-7-13-32(19-26)40-31-11-5-4-6-12-31/h4-24H,25H2,1-3H3. The van der Waals surface area contributed by atoms with Gasteiger partial charge in [0.25, 0.3) is 0 Å². The van der Waals surface area contributed by atoms with Gasteiger partial charge < -0.3 is 24.2 Å². The lowest BCUT2D eigenvalue weighted by Gasteiger charge is -2.22. The second-order valence-electron chi connectivity index (χ2n) is 10.2. The molecule has 6 rings (SSSR count). The Balaban J connectivity index is 1.25. The van der Waals surface area contributed by atoms with Gasteiger partial charge in [0.1, 0.15) is 23.0 Å². The Bertz CT molecular complexity index is 1680. The van der Waals surface area contributed by atoms with Crippen molar-refractivity contribution in [2.24, 2.45) is 0 Å². The summed E-state index contributed by atoms with van der Waals surface area (Å²) in [6.07, 6.45) is 6.00. The van der Waals surface area contributed by atoms with E-state index in [-0.39, 0.29) is 0 Å². The van der Waals surface area contributed by atoms with Crippen molar-refractivity contribution in [3.63, 3.8) is 0 Å². The highest BCUT2D eigenvalue weighted by Crippen LogP contribution is 2.35. The highest BCUT2D eigenvalue weighted by Gasteiger charge is 2.14. The first-order valence-corrected chi connectivity index (χ1v) is 13.6. The van der Waals surface area contributed by atoms with Crippen LogP contribution in [0.25, 0.3) is 22.4 Å². The molecule has 1 aromatic heterocycles. The van der Waals surface area contributed by atoms with Gasteiger partial charge in [-0.1, -0.05) is 42.5 Å². The molecule has 1 aliphatic heterocycles. The molecular formula is C35H32N4O2. The summed E-state index contributed by atoms with van der Waals surface area (Å²) in [7, 11) is 6.14. The number of benzene rings is 4. The third kappa shape index (κ3) is 6.17. The predicted molar refractivity (Wildman–Crippen MR) is 167 cm³/mol. The van der Waals surface area contributed by atoms with E-state index in [0.717, 1.165) is 63.4 Å². The largest absolute Gasteiger partial charge is 0.457 e. The van der Waals surface area contributed by atoms with Gasteiger partial charge in [0.15, 0.2) is 0 Å². The van der Waals surface area contributed by atoms with Crippen LogP contribution in [0.15, 0.2) is 128 Å². The molecule has 0 amide bonds. The van der Waals surface area contributed by atoms with E-state index in [1.165, 1.54) is 0 Å². The summed E-state index contributed by atoms with van der Waals surface area (Å²) in [5.41, 5.74) is 6.13. The van der Waals surface area contributed by atoms with Crippen LogP contribution in [0, 0.1) is 0 Å². The molecule has 0 radical (unpaired) electrons. The third-order valence-electron chi connectivity index (χ3n) is 6.87. The van der Waals surface area contributed by atoms with Crippen molar-refractivity contribution in [2.45, 2.75) is 0 Å². The molecule has 0 spiro atoms. The zero-order chi connectivity index (χ0) is 28.2. The van der Waals surface area contributed by atoms with Crippen LogP contribution in [-0.4, -0.2) is 37.7 Å². The number of pyridine rings is 1. The summed E-state index contributed by atoms with van der Waals surface area (Å²) >= 11 is 0. The number of ether oxygens (including phenoxy) is 2. The van der Waals surface area contributed by atoms with Gasteiger partial charge in [0.2, 0.25) is 0 Å². The van der Waals surface area contributed by atoms with E-state index in [1.54, 1.807) is 0 Å². The number of hydrogen-bond donors (Lipinski definition) is 0. The fraction of sp³-hybridized carbons (Fsp3) is 0.114. The normalized spacial score (nSPS) is 12.5. The summed E-state index contributed by atoms with van der Waals surface area (Å²) in [6.45, 7) is 0.801. The molecule has 0 unspecified atom stereocenters. The topological polar surface area (TPSA) is 41.1 Å². The molecule has 0 bridgehead atoms. The van der Waals surface area contributed by atoms with Gasteiger partial charge in [-0.25, -0.2) is 0 Å². The average molecular weight is 541 g/mol. The van der Waals surface area contributed by atoms with Crippen molar-refractivity contribution in [2.75, 3.05) is 37.6 Å². The lowest BCUT2D eigenvalue weighted by molar-refractivity contribution is 0.481. The second kappa shape index (κ2) is 11.5. The maximum absolute atomic E-state index is 6.41. The average Bonchev–Trinajstić information content (AvgIpc) is 3.44. The molecular weight excluding hydrogens is 508 g/mol. The van der Waals surface area contributed by atoms with Crippen molar-refractivity contribution in [1.82, 2.24) is 9.88 Å². The minimum absolute atomic E-state index is 0.754. The van der Waals surface area contributed by atoms with E-state index < -0.39 is 0 Å². The fourth-order valence-electron chi connectivity index (χ4n) is 4.73. The van der Waals surface area contributed by atoms with E-state index >= 15 is 0 Å². The van der Waals surface area contributed by atoms with Crippen LogP contribution in [0.3, 0.4) is 0 Å². The molecule has 0 aliphatic carbocycles. The summed E-state index contributed by atoms with van der Waals surface area (Å²) < 4.78 is 12.5. The first kappa shape index (κ1) is 26.0. The monoisotopic (exact) mass is 540 g/mol. The Morgan fingerprint density at radius 2 is 1.32 bits per heavy atom. The highest BCUT2D eigenvalue weighted by molar-refractivity contribution is 5.72. The Morgan fingerprint density at radius 3 is 2.05 bits per heavy atom. The van der Waals surface area contributed by atoms with Crippen LogP contribution in [0.2, 0.25) is 0 Å². The van der Waals surface area contributed by atoms with Crippen molar-refractivity contribution < 1.29 is 9.47 Å². The Kier molecular flexibility index (Phi) is 7.28. The lowest BCUT2D eigenvalue weighted by atomic mass is 10.0. The molecule has 0 saturated heterocycles. The summed E-state index contributed by atoms with van der Waals surface area (Å²) in [5.74, 6) is 3.13. The van der Waals surface area contributed by atoms with Gasteiger partial charge in [-0.3, -0.25) is 4.98 Å². The Hall–Kier alpha value is -5.23. The molecule has 6 heteroatoms. The lowest BCUT2D eigenvalue weighted by Crippen LogP contribution is -2.22. The number of para-hydroxylation sites is 1. The number of hydrogen-bond acceptors (Lipinski definition) is 6. The van der Waals surface area contributed by atoms with Gasteiger partial charge in [-0.05, 0) is 65.7 Å². The van der Waals surface area contributed by atoms with Gasteiger partial charge in [-0.2, -0.15) is 0 Å². The zero-order valence-electron chi connectivity index (χ0n) is 23.4. The summed E-state index contributed by atoms with van der Waals surface area (Å²) in [4.78, 5) is 11.1. The van der Waals surface area contributed by atoms with Crippen molar-refractivity contribution in [3.05, 3.63) is 128 Å². The molecule has 2 heterocycles. The van der Waals surface area contributed by atoms with Crippen LogP contribution >= 0.6 is 0 Å². The van der Waals surface area contributed by atoms with Crippen LogP contribution < -0.4 is 19.3 Å².